The highest BCUT2D eigenvalue weighted by Gasteiger charge is 2.34. The number of carbonyl (C=O) groups is 1. The van der Waals surface area contributed by atoms with E-state index in [9.17, 15) is 13.2 Å². The molecular weight excluding hydrogens is 386 g/mol. The Morgan fingerprint density at radius 2 is 1.79 bits per heavy atom. The van der Waals surface area contributed by atoms with E-state index in [2.05, 4.69) is 5.32 Å². The van der Waals surface area contributed by atoms with Crippen LogP contribution in [0.1, 0.15) is 45.2 Å². The van der Waals surface area contributed by atoms with Crippen molar-refractivity contribution in [1.82, 2.24) is 5.32 Å². The SMILES string of the molecule is CCOc1ccccc1-c1ccc([C@@H]2NC(=O)CC[C@H]2CS(=O)(=O)C(C)C)cc1. The van der Waals surface area contributed by atoms with Crippen molar-refractivity contribution in [2.45, 2.75) is 44.9 Å². The normalized spacial score (nSPS) is 19.8. The fraction of sp³-hybridized carbons (Fsp3) is 0.435. The molecule has 1 fully saturated rings. The third-order valence-corrected chi connectivity index (χ3v) is 7.79. The molecule has 1 amide bonds. The Balaban J connectivity index is 1.87. The number of nitrogens with one attached hydrogen (secondary N) is 1. The maximum Gasteiger partial charge on any atom is 0.220 e. The van der Waals surface area contributed by atoms with Crippen LogP contribution in [0.2, 0.25) is 0 Å². The first-order valence-electron chi connectivity index (χ1n) is 10.1. The van der Waals surface area contributed by atoms with E-state index in [0.717, 1.165) is 22.4 Å². The summed E-state index contributed by atoms with van der Waals surface area (Å²) in [6, 6.07) is 15.5. The predicted molar refractivity (Wildman–Crippen MR) is 116 cm³/mol. The zero-order valence-electron chi connectivity index (χ0n) is 17.2. The first-order valence-corrected chi connectivity index (χ1v) is 11.9. The van der Waals surface area contributed by atoms with Crippen LogP contribution in [0.5, 0.6) is 5.75 Å². The van der Waals surface area contributed by atoms with E-state index in [1.807, 2.05) is 55.5 Å². The Labute approximate surface area is 173 Å². The average molecular weight is 416 g/mol. The maximum atomic E-state index is 12.5. The maximum absolute atomic E-state index is 12.5. The zero-order chi connectivity index (χ0) is 21.0. The number of ether oxygens (including phenoxy) is 1. The van der Waals surface area contributed by atoms with Crippen LogP contribution in [0.4, 0.5) is 0 Å². The monoisotopic (exact) mass is 415 g/mol. The summed E-state index contributed by atoms with van der Waals surface area (Å²) in [5.41, 5.74) is 2.96. The highest BCUT2D eigenvalue weighted by atomic mass is 32.2. The third-order valence-electron chi connectivity index (χ3n) is 5.46. The van der Waals surface area contributed by atoms with Gasteiger partial charge in [-0.1, -0.05) is 42.5 Å². The van der Waals surface area contributed by atoms with Crippen LogP contribution >= 0.6 is 0 Å². The largest absolute Gasteiger partial charge is 0.493 e. The third kappa shape index (κ3) is 4.99. The van der Waals surface area contributed by atoms with Gasteiger partial charge in [-0.3, -0.25) is 4.79 Å². The highest BCUT2D eigenvalue weighted by molar-refractivity contribution is 7.91. The summed E-state index contributed by atoms with van der Waals surface area (Å²) in [5.74, 6) is 0.764. The molecule has 1 saturated heterocycles. The summed E-state index contributed by atoms with van der Waals surface area (Å²) in [4.78, 5) is 12.0. The molecule has 156 valence electrons. The number of hydrogen-bond acceptors (Lipinski definition) is 4. The van der Waals surface area contributed by atoms with Crippen LogP contribution in [0.25, 0.3) is 11.1 Å². The first kappa shape index (κ1) is 21.4. The molecule has 0 spiro atoms. The molecule has 2 aromatic rings. The van der Waals surface area contributed by atoms with Crippen molar-refractivity contribution in [2.75, 3.05) is 12.4 Å². The molecule has 29 heavy (non-hydrogen) atoms. The van der Waals surface area contributed by atoms with Crippen LogP contribution in [-0.2, 0) is 14.6 Å². The van der Waals surface area contributed by atoms with E-state index in [4.69, 9.17) is 4.74 Å². The van der Waals surface area contributed by atoms with Gasteiger partial charge in [0.25, 0.3) is 0 Å². The van der Waals surface area contributed by atoms with Gasteiger partial charge in [0, 0.05) is 12.0 Å². The fourth-order valence-electron chi connectivity index (χ4n) is 3.73. The van der Waals surface area contributed by atoms with Crippen LogP contribution in [0, 0.1) is 5.92 Å². The standard InChI is InChI=1S/C23H29NO4S/c1-4-28-21-8-6-5-7-20(21)17-9-11-18(12-10-17)23-19(13-14-22(25)24-23)15-29(26,27)16(2)3/h5-12,16,19,23H,4,13-15H2,1-3H3,(H,24,25)/t19-,23-/m0/s1. The molecular formula is C23H29NO4S. The van der Waals surface area contributed by atoms with Crippen molar-refractivity contribution < 1.29 is 17.9 Å². The van der Waals surface area contributed by atoms with E-state index < -0.39 is 15.1 Å². The van der Waals surface area contributed by atoms with Gasteiger partial charge < -0.3 is 10.1 Å². The van der Waals surface area contributed by atoms with Gasteiger partial charge in [-0.2, -0.15) is 0 Å². The molecule has 1 aliphatic rings. The molecule has 0 aliphatic carbocycles. The number of rotatable bonds is 7. The molecule has 1 N–H and O–H groups in total. The van der Waals surface area contributed by atoms with Gasteiger partial charge in [-0.25, -0.2) is 8.42 Å². The molecule has 3 rings (SSSR count). The summed E-state index contributed by atoms with van der Waals surface area (Å²) >= 11 is 0. The van der Waals surface area contributed by atoms with Gasteiger partial charge in [0.2, 0.25) is 5.91 Å². The number of sulfone groups is 1. The van der Waals surface area contributed by atoms with Crippen LogP contribution in [0.3, 0.4) is 0 Å². The fourth-order valence-corrected chi connectivity index (χ4v) is 5.07. The molecule has 0 radical (unpaired) electrons. The Morgan fingerprint density at radius 3 is 2.45 bits per heavy atom. The van der Waals surface area contributed by atoms with E-state index >= 15 is 0 Å². The van der Waals surface area contributed by atoms with E-state index in [0.29, 0.717) is 19.4 Å². The summed E-state index contributed by atoms with van der Waals surface area (Å²) in [6.45, 7) is 5.96. The molecule has 6 heteroatoms. The second kappa shape index (κ2) is 8.99. The lowest BCUT2D eigenvalue weighted by Gasteiger charge is -2.33. The number of hydrogen-bond donors (Lipinski definition) is 1. The lowest BCUT2D eigenvalue weighted by atomic mass is 9.86. The van der Waals surface area contributed by atoms with Crippen molar-refractivity contribution in [3.8, 4) is 16.9 Å². The van der Waals surface area contributed by atoms with E-state index in [1.165, 1.54) is 0 Å². The molecule has 2 atom stereocenters. The summed E-state index contributed by atoms with van der Waals surface area (Å²) in [7, 11) is -3.19. The topological polar surface area (TPSA) is 72.5 Å². The van der Waals surface area contributed by atoms with E-state index in [-0.39, 0.29) is 23.6 Å². The van der Waals surface area contributed by atoms with Crippen LogP contribution in [-0.4, -0.2) is 31.9 Å². The number of carbonyl (C=O) groups excluding carboxylic acids is 1. The summed E-state index contributed by atoms with van der Waals surface area (Å²) < 4.78 is 30.7. The quantitative estimate of drug-likeness (QED) is 0.738. The van der Waals surface area contributed by atoms with Crippen molar-refractivity contribution in [1.29, 1.82) is 0 Å². The van der Waals surface area contributed by atoms with E-state index in [1.54, 1.807) is 13.8 Å². The molecule has 0 saturated carbocycles. The Hall–Kier alpha value is -2.34. The number of amides is 1. The minimum Gasteiger partial charge on any atom is -0.493 e. The molecule has 0 unspecified atom stereocenters. The van der Waals surface area contributed by atoms with Gasteiger partial charge in [0.15, 0.2) is 9.84 Å². The lowest BCUT2D eigenvalue weighted by Crippen LogP contribution is -2.41. The Kier molecular flexibility index (Phi) is 6.63. The number of benzene rings is 2. The number of piperidine rings is 1. The van der Waals surface area contributed by atoms with Crippen molar-refractivity contribution in [3.63, 3.8) is 0 Å². The predicted octanol–water partition coefficient (Wildman–Crippen LogP) is 4.14. The van der Waals surface area contributed by atoms with Crippen LogP contribution < -0.4 is 10.1 Å². The van der Waals surface area contributed by atoms with Gasteiger partial charge in [-0.15, -0.1) is 0 Å². The number of para-hydroxylation sites is 1. The molecule has 1 aliphatic heterocycles. The van der Waals surface area contributed by atoms with Gasteiger partial charge >= 0.3 is 0 Å². The Morgan fingerprint density at radius 1 is 1.10 bits per heavy atom. The second-order valence-electron chi connectivity index (χ2n) is 7.77. The highest BCUT2D eigenvalue weighted by Crippen LogP contribution is 2.34. The molecule has 0 aromatic heterocycles. The molecule has 0 bridgehead atoms. The van der Waals surface area contributed by atoms with Crippen LogP contribution in [0.15, 0.2) is 48.5 Å². The smallest absolute Gasteiger partial charge is 0.220 e. The first-order chi connectivity index (χ1) is 13.8. The van der Waals surface area contributed by atoms with Crippen molar-refractivity contribution >= 4 is 15.7 Å². The summed E-state index contributed by atoms with van der Waals surface area (Å²) in [5, 5.41) is 2.59. The average Bonchev–Trinajstić information content (AvgIpc) is 2.70. The molecule has 2 aromatic carbocycles. The molecule has 5 nitrogen and oxygen atoms in total. The second-order valence-corrected chi connectivity index (χ2v) is 10.4. The lowest BCUT2D eigenvalue weighted by molar-refractivity contribution is -0.124. The van der Waals surface area contributed by atoms with Gasteiger partial charge in [-0.05, 0) is 50.3 Å². The molecule has 1 heterocycles. The minimum atomic E-state index is -3.19. The van der Waals surface area contributed by atoms with Crippen molar-refractivity contribution in [3.05, 3.63) is 54.1 Å². The van der Waals surface area contributed by atoms with Gasteiger partial charge in [0.05, 0.1) is 23.7 Å². The van der Waals surface area contributed by atoms with Gasteiger partial charge in [0.1, 0.15) is 5.75 Å². The summed E-state index contributed by atoms with van der Waals surface area (Å²) in [6.07, 6.45) is 0.950. The van der Waals surface area contributed by atoms with Crippen molar-refractivity contribution in [2.24, 2.45) is 5.92 Å². The Bertz CT molecular complexity index is 951. The minimum absolute atomic E-state index is 0.0287. The zero-order valence-corrected chi connectivity index (χ0v) is 18.0.